The van der Waals surface area contributed by atoms with E-state index in [1.54, 1.807) is 32.5 Å². The predicted octanol–water partition coefficient (Wildman–Crippen LogP) is 3.49. The number of anilines is 1. The first-order valence-corrected chi connectivity index (χ1v) is 9.88. The third-order valence-corrected chi connectivity index (χ3v) is 6.02. The number of rotatable bonds is 4. The number of benzene rings is 1. The quantitative estimate of drug-likeness (QED) is 0.784. The van der Waals surface area contributed by atoms with Crippen LogP contribution in [-0.4, -0.2) is 55.7 Å². The van der Waals surface area contributed by atoms with Crippen LogP contribution < -0.4 is 14.4 Å². The number of ether oxygens (including phenoxy) is 2. The Labute approximate surface area is 170 Å². The van der Waals surface area contributed by atoms with Crippen LogP contribution >= 0.6 is 11.6 Å². The molecule has 1 aromatic heterocycles. The molecule has 0 spiro atoms. The molecule has 6 nitrogen and oxygen atoms in total. The molecule has 1 amide bonds. The summed E-state index contributed by atoms with van der Waals surface area (Å²) in [6.07, 6.45) is 3.75. The van der Waals surface area contributed by atoms with E-state index in [1.807, 2.05) is 23.1 Å². The summed E-state index contributed by atoms with van der Waals surface area (Å²) < 4.78 is 10.8. The van der Waals surface area contributed by atoms with E-state index in [9.17, 15) is 4.79 Å². The summed E-state index contributed by atoms with van der Waals surface area (Å²) in [7, 11) is 3.14. The van der Waals surface area contributed by atoms with Crippen molar-refractivity contribution in [1.29, 1.82) is 0 Å². The van der Waals surface area contributed by atoms with Crippen LogP contribution in [0.25, 0.3) is 0 Å². The average Bonchev–Trinajstić information content (AvgIpc) is 3.16. The maximum Gasteiger partial charge on any atom is 0.258 e. The molecule has 0 radical (unpaired) electrons. The number of hydrogen-bond acceptors (Lipinski definition) is 5. The standard InChI is InChI=1S/C21H24ClN3O3/c1-27-18-5-3-4-16(20(18)28-2)21(26)25-11-9-14-8-10-24(13-17(14)25)19-7-6-15(22)12-23-19/h3-7,12,14,17H,8-11,13H2,1-2H3. The number of halogens is 1. The van der Waals surface area contributed by atoms with E-state index in [0.29, 0.717) is 28.0 Å². The van der Waals surface area contributed by atoms with Crippen molar-refractivity contribution in [3.63, 3.8) is 0 Å². The molecule has 148 valence electrons. The van der Waals surface area contributed by atoms with Gasteiger partial charge in [-0.15, -0.1) is 0 Å². The minimum atomic E-state index is -0.00540. The van der Waals surface area contributed by atoms with E-state index in [1.165, 1.54) is 0 Å². The molecular formula is C21H24ClN3O3. The average molecular weight is 402 g/mol. The fraction of sp³-hybridized carbons (Fsp3) is 0.429. The van der Waals surface area contributed by atoms with Gasteiger partial charge in [-0.3, -0.25) is 4.79 Å². The molecule has 7 heteroatoms. The summed E-state index contributed by atoms with van der Waals surface area (Å²) >= 11 is 5.97. The summed E-state index contributed by atoms with van der Waals surface area (Å²) in [6, 6.07) is 9.39. The number of pyridine rings is 1. The van der Waals surface area contributed by atoms with Crippen molar-refractivity contribution in [3.05, 3.63) is 47.1 Å². The number of para-hydroxylation sites is 1. The van der Waals surface area contributed by atoms with Crippen molar-refractivity contribution in [1.82, 2.24) is 9.88 Å². The lowest BCUT2D eigenvalue weighted by molar-refractivity contribution is 0.0708. The first kappa shape index (κ1) is 18.9. The lowest BCUT2D eigenvalue weighted by atomic mass is 9.92. The second-order valence-electron chi connectivity index (χ2n) is 7.23. The Hall–Kier alpha value is -2.47. The second kappa shape index (κ2) is 7.87. The Bertz CT molecular complexity index is 858. The lowest BCUT2D eigenvalue weighted by Gasteiger charge is -2.39. The molecule has 0 bridgehead atoms. The number of nitrogens with zero attached hydrogens (tertiary/aromatic N) is 3. The number of carbonyl (C=O) groups is 1. The van der Waals surface area contributed by atoms with Gasteiger partial charge in [-0.25, -0.2) is 4.98 Å². The van der Waals surface area contributed by atoms with Crippen LogP contribution in [-0.2, 0) is 0 Å². The van der Waals surface area contributed by atoms with Gasteiger partial charge in [-0.1, -0.05) is 17.7 Å². The summed E-state index contributed by atoms with van der Waals surface area (Å²) in [5, 5.41) is 0.626. The monoisotopic (exact) mass is 401 g/mol. The van der Waals surface area contributed by atoms with Gasteiger partial charge in [0.2, 0.25) is 0 Å². The minimum Gasteiger partial charge on any atom is -0.493 e. The number of aromatic nitrogens is 1. The number of methoxy groups -OCH3 is 2. The normalized spacial score (nSPS) is 21.4. The molecule has 2 aliphatic heterocycles. The van der Waals surface area contributed by atoms with Crippen LogP contribution in [0, 0.1) is 5.92 Å². The molecule has 2 aliphatic rings. The van der Waals surface area contributed by atoms with Crippen LogP contribution in [0.4, 0.5) is 5.82 Å². The molecule has 4 rings (SSSR count). The summed E-state index contributed by atoms with van der Waals surface area (Å²) in [5.74, 6) is 2.48. The van der Waals surface area contributed by atoms with Crippen molar-refractivity contribution < 1.29 is 14.3 Å². The maximum atomic E-state index is 13.4. The Morgan fingerprint density at radius 3 is 2.68 bits per heavy atom. The van der Waals surface area contributed by atoms with Gasteiger partial charge in [0.15, 0.2) is 11.5 Å². The molecular weight excluding hydrogens is 378 g/mol. The zero-order valence-electron chi connectivity index (χ0n) is 16.1. The highest BCUT2D eigenvalue weighted by Crippen LogP contribution is 2.37. The van der Waals surface area contributed by atoms with Gasteiger partial charge in [-0.05, 0) is 43.0 Å². The minimum absolute atomic E-state index is 0.00540. The van der Waals surface area contributed by atoms with Crippen molar-refractivity contribution in [2.75, 3.05) is 38.8 Å². The molecule has 2 aromatic rings. The van der Waals surface area contributed by atoms with Crippen molar-refractivity contribution >= 4 is 23.3 Å². The first-order chi connectivity index (χ1) is 13.6. The number of hydrogen-bond donors (Lipinski definition) is 0. The smallest absolute Gasteiger partial charge is 0.258 e. The van der Waals surface area contributed by atoms with E-state index in [4.69, 9.17) is 21.1 Å². The van der Waals surface area contributed by atoms with Crippen LogP contribution in [0.3, 0.4) is 0 Å². The third kappa shape index (κ3) is 3.37. The number of amides is 1. The van der Waals surface area contributed by atoms with Gasteiger partial charge >= 0.3 is 0 Å². The summed E-state index contributed by atoms with van der Waals surface area (Å²) in [4.78, 5) is 22.1. The zero-order chi connectivity index (χ0) is 19.7. The van der Waals surface area contributed by atoms with E-state index in [2.05, 4.69) is 9.88 Å². The molecule has 0 saturated carbocycles. The van der Waals surface area contributed by atoms with Gasteiger partial charge in [0.1, 0.15) is 5.82 Å². The van der Waals surface area contributed by atoms with E-state index in [-0.39, 0.29) is 11.9 Å². The number of carbonyl (C=O) groups excluding carboxylic acids is 1. The fourth-order valence-electron chi connectivity index (χ4n) is 4.37. The van der Waals surface area contributed by atoms with Gasteiger partial charge in [0.25, 0.3) is 5.91 Å². The molecule has 0 aliphatic carbocycles. The Balaban J connectivity index is 1.57. The van der Waals surface area contributed by atoms with Gasteiger partial charge in [0, 0.05) is 25.8 Å². The molecule has 3 heterocycles. The van der Waals surface area contributed by atoms with Crippen LogP contribution in [0.1, 0.15) is 23.2 Å². The molecule has 2 saturated heterocycles. The van der Waals surface area contributed by atoms with Gasteiger partial charge in [0.05, 0.1) is 30.8 Å². The summed E-state index contributed by atoms with van der Waals surface area (Å²) in [6.45, 7) is 2.48. The zero-order valence-corrected chi connectivity index (χ0v) is 16.9. The van der Waals surface area contributed by atoms with Crippen molar-refractivity contribution in [3.8, 4) is 11.5 Å². The first-order valence-electron chi connectivity index (χ1n) is 9.51. The number of likely N-dealkylation sites (tertiary alicyclic amines) is 1. The molecule has 2 atom stereocenters. The SMILES string of the molecule is COc1cccc(C(=O)N2CCC3CCN(c4ccc(Cl)cn4)CC32)c1OC. The van der Waals surface area contributed by atoms with E-state index < -0.39 is 0 Å². The van der Waals surface area contributed by atoms with Gasteiger partial charge < -0.3 is 19.3 Å². The second-order valence-corrected chi connectivity index (χ2v) is 7.66. The molecule has 0 N–H and O–H groups in total. The Morgan fingerprint density at radius 1 is 1.14 bits per heavy atom. The lowest BCUT2D eigenvalue weighted by Crippen LogP contribution is -2.50. The Morgan fingerprint density at radius 2 is 1.96 bits per heavy atom. The molecule has 1 aromatic carbocycles. The molecule has 2 fully saturated rings. The maximum absolute atomic E-state index is 13.4. The fourth-order valence-corrected chi connectivity index (χ4v) is 4.48. The molecule has 2 unspecified atom stereocenters. The Kier molecular flexibility index (Phi) is 5.31. The van der Waals surface area contributed by atoms with Crippen molar-refractivity contribution in [2.45, 2.75) is 18.9 Å². The highest BCUT2D eigenvalue weighted by Gasteiger charge is 2.41. The summed E-state index contributed by atoms with van der Waals surface area (Å²) in [5.41, 5.74) is 0.546. The van der Waals surface area contributed by atoms with Crippen LogP contribution in [0.5, 0.6) is 11.5 Å². The van der Waals surface area contributed by atoms with E-state index in [0.717, 1.165) is 38.3 Å². The highest BCUT2D eigenvalue weighted by atomic mass is 35.5. The van der Waals surface area contributed by atoms with Crippen molar-refractivity contribution in [2.24, 2.45) is 5.92 Å². The highest BCUT2D eigenvalue weighted by molar-refractivity contribution is 6.30. The third-order valence-electron chi connectivity index (χ3n) is 5.79. The van der Waals surface area contributed by atoms with Gasteiger partial charge in [-0.2, -0.15) is 0 Å². The topological polar surface area (TPSA) is 54.9 Å². The van der Waals surface area contributed by atoms with Crippen LogP contribution in [0.2, 0.25) is 5.02 Å². The number of fused-ring (bicyclic) bond motifs is 1. The molecule has 28 heavy (non-hydrogen) atoms. The van der Waals surface area contributed by atoms with Crippen LogP contribution in [0.15, 0.2) is 36.5 Å². The predicted molar refractivity (Wildman–Crippen MR) is 109 cm³/mol. The largest absolute Gasteiger partial charge is 0.493 e. The van der Waals surface area contributed by atoms with E-state index >= 15 is 0 Å². The number of piperidine rings is 1.